The molecule has 0 bridgehead atoms. The lowest BCUT2D eigenvalue weighted by Gasteiger charge is -2.22. The van der Waals surface area contributed by atoms with Crippen molar-refractivity contribution in [2.45, 2.75) is 38.5 Å². The van der Waals surface area contributed by atoms with Crippen LogP contribution in [0.15, 0.2) is 22.7 Å². The van der Waals surface area contributed by atoms with Gasteiger partial charge in [-0.2, -0.15) is 18.2 Å². The highest BCUT2D eigenvalue weighted by molar-refractivity contribution is 5.24. The Kier molecular flexibility index (Phi) is 4.98. The quantitative estimate of drug-likeness (QED) is 0.843. The molecule has 9 heteroatoms. The summed E-state index contributed by atoms with van der Waals surface area (Å²) in [6.07, 6.45) is -4.90. The van der Waals surface area contributed by atoms with Crippen LogP contribution in [0.1, 0.15) is 43.1 Å². The van der Waals surface area contributed by atoms with Gasteiger partial charge in [-0.3, -0.25) is 5.32 Å². The second-order valence-corrected chi connectivity index (χ2v) is 5.19. The lowest BCUT2D eigenvalue weighted by molar-refractivity contribution is -0.159. The molecule has 23 heavy (non-hydrogen) atoms. The van der Waals surface area contributed by atoms with Crippen LogP contribution < -0.4 is 5.32 Å². The van der Waals surface area contributed by atoms with E-state index < -0.39 is 36.0 Å². The molecule has 0 unspecified atom stereocenters. The molecule has 1 atom stereocenters. The molecule has 0 aliphatic rings. The Hall–Kier alpha value is -2.03. The lowest BCUT2D eigenvalue weighted by Crippen LogP contribution is -2.35. The maximum Gasteiger partial charge on any atom is 0.408 e. The molecule has 0 saturated heterocycles. The molecule has 0 aliphatic heterocycles. The molecule has 2 rings (SSSR count). The fraction of sp³-hybridized carbons (Fsp3) is 0.429. The minimum absolute atomic E-state index is 0.0603. The number of hydrogen-bond donors (Lipinski definition) is 1. The molecule has 1 heterocycles. The number of nitrogens with zero attached hydrogens (tertiary/aromatic N) is 2. The summed E-state index contributed by atoms with van der Waals surface area (Å²) >= 11 is 0. The number of nitrogens with one attached hydrogen (secondary N) is 1. The Morgan fingerprint density at radius 2 is 1.78 bits per heavy atom. The predicted octanol–water partition coefficient (Wildman–Crippen LogP) is 3.86. The van der Waals surface area contributed by atoms with Crippen LogP contribution >= 0.6 is 0 Å². The van der Waals surface area contributed by atoms with Gasteiger partial charge in [-0.05, 0) is 12.1 Å². The zero-order valence-corrected chi connectivity index (χ0v) is 12.3. The van der Waals surface area contributed by atoms with Crippen LogP contribution in [0.25, 0.3) is 0 Å². The normalized spacial score (nSPS) is 13.6. The average molecular weight is 335 g/mol. The van der Waals surface area contributed by atoms with Crippen molar-refractivity contribution in [3.8, 4) is 0 Å². The average Bonchev–Trinajstić information content (AvgIpc) is 2.89. The molecule has 0 fully saturated rings. The van der Waals surface area contributed by atoms with Crippen LogP contribution in [-0.4, -0.2) is 16.3 Å². The summed E-state index contributed by atoms with van der Waals surface area (Å²) in [5, 5.41) is 5.63. The number of halogens is 5. The Labute approximate surface area is 128 Å². The second kappa shape index (κ2) is 6.61. The van der Waals surface area contributed by atoms with E-state index in [-0.39, 0.29) is 11.8 Å². The smallest absolute Gasteiger partial charge is 0.338 e. The van der Waals surface area contributed by atoms with Crippen LogP contribution in [0.4, 0.5) is 22.0 Å². The number of aromatic nitrogens is 2. The van der Waals surface area contributed by atoms with Gasteiger partial charge < -0.3 is 4.52 Å². The third-order valence-electron chi connectivity index (χ3n) is 3.07. The van der Waals surface area contributed by atoms with Gasteiger partial charge >= 0.3 is 6.18 Å². The Morgan fingerprint density at radius 1 is 1.17 bits per heavy atom. The third kappa shape index (κ3) is 4.04. The summed E-state index contributed by atoms with van der Waals surface area (Å²) in [7, 11) is 0. The van der Waals surface area contributed by atoms with Gasteiger partial charge in [0, 0.05) is 11.5 Å². The standard InChI is InChI=1S/C14H14F5N3O/c1-7(2)13-21-10(23-22-13)6-20-12(14(17,18)19)11-8(15)4-3-5-9(11)16/h3-5,7,12,20H,6H2,1-2H3/t12-/m0/s1. The first kappa shape index (κ1) is 17.3. The number of rotatable bonds is 5. The lowest BCUT2D eigenvalue weighted by atomic mass is 10.0. The maximum atomic E-state index is 13.6. The van der Waals surface area contributed by atoms with E-state index >= 15 is 0 Å². The van der Waals surface area contributed by atoms with Crippen LogP contribution in [-0.2, 0) is 6.54 Å². The first-order chi connectivity index (χ1) is 10.7. The number of alkyl halides is 3. The molecule has 0 radical (unpaired) electrons. The van der Waals surface area contributed by atoms with Gasteiger partial charge in [0.15, 0.2) is 5.82 Å². The van der Waals surface area contributed by atoms with Gasteiger partial charge in [0.05, 0.1) is 6.54 Å². The number of hydrogen-bond acceptors (Lipinski definition) is 4. The fourth-order valence-corrected chi connectivity index (χ4v) is 1.93. The van der Waals surface area contributed by atoms with Gasteiger partial charge in [-0.1, -0.05) is 25.1 Å². The topological polar surface area (TPSA) is 51.0 Å². The summed E-state index contributed by atoms with van der Waals surface area (Å²) < 4.78 is 71.5. The summed E-state index contributed by atoms with van der Waals surface area (Å²) in [5.41, 5.74) is -1.09. The monoisotopic (exact) mass is 335 g/mol. The summed E-state index contributed by atoms with van der Waals surface area (Å²) in [4.78, 5) is 3.91. The van der Waals surface area contributed by atoms with Gasteiger partial charge in [0.25, 0.3) is 0 Å². The van der Waals surface area contributed by atoms with Crippen molar-refractivity contribution in [2.24, 2.45) is 0 Å². The molecule has 4 nitrogen and oxygen atoms in total. The summed E-state index contributed by atoms with van der Waals surface area (Å²) in [6, 6.07) is -0.00244. The van der Waals surface area contributed by atoms with Crippen molar-refractivity contribution < 1.29 is 26.5 Å². The fourth-order valence-electron chi connectivity index (χ4n) is 1.93. The van der Waals surface area contributed by atoms with Crippen molar-refractivity contribution in [3.63, 3.8) is 0 Å². The molecule has 0 saturated carbocycles. The third-order valence-corrected chi connectivity index (χ3v) is 3.07. The molecule has 1 aromatic carbocycles. The van der Waals surface area contributed by atoms with Crippen molar-refractivity contribution in [1.29, 1.82) is 0 Å². The summed E-state index contributed by atoms with van der Waals surface area (Å²) in [5.74, 6) is -2.39. The highest BCUT2D eigenvalue weighted by Crippen LogP contribution is 2.35. The molecule has 0 spiro atoms. The Balaban J connectivity index is 2.23. The van der Waals surface area contributed by atoms with Crippen LogP contribution in [0.3, 0.4) is 0 Å². The van der Waals surface area contributed by atoms with E-state index in [1.54, 1.807) is 13.8 Å². The second-order valence-electron chi connectivity index (χ2n) is 5.19. The van der Waals surface area contributed by atoms with Crippen LogP contribution in [0.5, 0.6) is 0 Å². The molecule has 0 aliphatic carbocycles. The zero-order valence-electron chi connectivity index (χ0n) is 12.3. The molecular formula is C14H14F5N3O. The highest BCUT2D eigenvalue weighted by Gasteiger charge is 2.43. The SMILES string of the molecule is CC(C)c1noc(CN[C@@H](c2c(F)cccc2F)C(F)(F)F)n1. The maximum absolute atomic E-state index is 13.6. The van der Waals surface area contributed by atoms with Crippen molar-refractivity contribution in [1.82, 2.24) is 15.5 Å². The minimum atomic E-state index is -4.90. The molecule has 0 amide bonds. The largest absolute Gasteiger partial charge is 0.408 e. The van der Waals surface area contributed by atoms with E-state index in [0.717, 1.165) is 18.2 Å². The van der Waals surface area contributed by atoms with E-state index in [9.17, 15) is 22.0 Å². The zero-order chi connectivity index (χ0) is 17.2. The molecule has 1 N–H and O–H groups in total. The Bertz CT molecular complexity index is 648. The number of benzene rings is 1. The van der Waals surface area contributed by atoms with Crippen molar-refractivity contribution in [3.05, 3.63) is 47.1 Å². The van der Waals surface area contributed by atoms with Gasteiger partial charge in [-0.25, -0.2) is 8.78 Å². The molecule has 1 aromatic heterocycles. The van der Waals surface area contributed by atoms with Gasteiger partial charge in [0.1, 0.15) is 17.7 Å². The van der Waals surface area contributed by atoms with Gasteiger partial charge in [-0.15, -0.1) is 0 Å². The first-order valence-corrected chi connectivity index (χ1v) is 6.76. The van der Waals surface area contributed by atoms with Crippen molar-refractivity contribution >= 4 is 0 Å². The van der Waals surface area contributed by atoms with E-state index in [0.29, 0.717) is 5.82 Å². The minimum Gasteiger partial charge on any atom is -0.338 e. The highest BCUT2D eigenvalue weighted by atomic mass is 19.4. The molecule has 126 valence electrons. The van der Waals surface area contributed by atoms with Crippen molar-refractivity contribution in [2.75, 3.05) is 0 Å². The van der Waals surface area contributed by atoms with Crippen LogP contribution in [0.2, 0.25) is 0 Å². The Morgan fingerprint density at radius 3 is 2.26 bits per heavy atom. The van der Waals surface area contributed by atoms with E-state index in [1.165, 1.54) is 0 Å². The van der Waals surface area contributed by atoms with E-state index in [2.05, 4.69) is 10.1 Å². The van der Waals surface area contributed by atoms with Crippen LogP contribution in [0, 0.1) is 11.6 Å². The van der Waals surface area contributed by atoms with Gasteiger partial charge in [0.2, 0.25) is 5.89 Å². The van der Waals surface area contributed by atoms with E-state index in [1.807, 2.05) is 5.32 Å². The summed E-state index contributed by atoms with van der Waals surface area (Å²) in [6.45, 7) is 3.10. The first-order valence-electron chi connectivity index (χ1n) is 6.76. The predicted molar refractivity (Wildman–Crippen MR) is 70.4 cm³/mol. The molecular weight excluding hydrogens is 321 g/mol. The molecule has 2 aromatic rings. The van der Waals surface area contributed by atoms with E-state index in [4.69, 9.17) is 4.52 Å².